The summed E-state index contributed by atoms with van der Waals surface area (Å²) in [6, 6.07) is 7.89. The SMILES string of the molecule is O=C(O)c1cccc(CNC2CC3CCC2CC3)c1. The molecule has 1 unspecified atom stereocenters. The zero-order valence-corrected chi connectivity index (χ0v) is 11.1. The molecular formula is C16H21NO2. The van der Waals surface area contributed by atoms with Crippen LogP contribution < -0.4 is 5.32 Å². The molecule has 0 aliphatic heterocycles. The van der Waals surface area contributed by atoms with Crippen LogP contribution in [0.5, 0.6) is 0 Å². The number of aromatic carboxylic acids is 1. The van der Waals surface area contributed by atoms with Crippen molar-refractivity contribution in [3.05, 3.63) is 35.4 Å². The molecule has 3 aliphatic carbocycles. The standard InChI is InChI=1S/C16H21NO2/c18-16(19)14-3-1-2-12(8-14)10-17-15-9-11-4-6-13(15)7-5-11/h1-3,8,11,13,15,17H,4-7,9-10H2,(H,18,19). The van der Waals surface area contributed by atoms with E-state index in [0.29, 0.717) is 11.6 Å². The molecule has 0 heterocycles. The van der Waals surface area contributed by atoms with Crippen molar-refractivity contribution >= 4 is 5.97 Å². The fourth-order valence-electron chi connectivity index (χ4n) is 3.69. The maximum absolute atomic E-state index is 10.9. The number of rotatable bonds is 4. The predicted octanol–water partition coefficient (Wildman–Crippen LogP) is 3.05. The van der Waals surface area contributed by atoms with E-state index in [2.05, 4.69) is 5.32 Å². The molecule has 3 saturated carbocycles. The molecule has 19 heavy (non-hydrogen) atoms. The second-order valence-electron chi connectivity index (χ2n) is 6.01. The topological polar surface area (TPSA) is 49.3 Å². The van der Waals surface area contributed by atoms with Gasteiger partial charge in [-0.05, 0) is 48.8 Å². The smallest absolute Gasteiger partial charge is 0.335 e. The van der Waals surface area contributed by atoms with Gasteiger partial charge in [0.25, 0.3) is 0 Å². The lowest BCUT2D eigenvalue weighted by molar-refractivity contribution is 0.0696. The van der Waals surface area contributed by atoms with Gasteiger partial charge in [-0.3, -0.25) is 0 Å². The van der Waals surface area contributed by atoms with Gasteiger partial charge in [-0.15, -0.1) is 0 Å². The number of carboxylic acids is 1. The Morgan fingerprint density at radius 1 is 1.26 bits per heavy atom. The van der Waals surface area contributed by atoms with Crippen LogP contribution in [0.25, 0.3) is 0 Å². The first-order chi connectivity index (χ1) is 9.22. The van der Waals surface area contributed by atoms with Crippen molar-refractivity contribution in [2.75, 3.05) is 0 Å². The lowest BCUT2D eigenvalue weighted by Gasteiger charge is -2.42. The summed E-state index contributed by atoms with van der Waals surface area (Å²) >= 11 is 0. The zero-order chi connectivity index (χ0) is 13.2. The average Bonchev–Trinajstić information content (AvgIpc) is 2.47. The molecule has 3 nitrogen and oxygen atoms in total. The van der Waals surface area contributed by atoms with Gasteiger partial charge in [-0.1, -0.05) is 25.0 Å². The van der Waals surface area contributed by atoms with Crippen LogP contribution in [0.4, 0.5) is 0 Å². The van der Waals surface area contributed by atoms with Crippen LogP contribution in [0.3, 0.4) is 0 Å². The van der Waals surface area contributed by atoms with E-state index >= 15 is 0 Å². The van der Waals surface area contributed by atoms with Crippen LogP contribution in [0, 0.1) is 11.8 Å². The third kappa shape index (κ3) is 2.81. The van der Waals surface area contributed by atoms with E-state index in [9.17, 15) is 4.79 Å². The highest BCUT2D eigenvalue weighted by Crippen LogP contribution is 2.41. The molecule has 3 fully saturated rings. The summed E-state index contributed by atoms with van der Waals surface area (Å²) in [6.45, 7) is 0.787. The number of nitrogens with one attached hydrogen (secondary N) is 1. The molecule has 0 radical (unpaired) electrons. The second-order valence-corrected chi connectivity index (χ2v) is 6.01. The number of benzene rings is 1. The van der Waals surface area contributed by atoms with E-state index in [-0.39, 0.29) is 0 Å². The van der Waals surface area contributed by atoms with Crippen molar-refractivity contribution < 1.29 is 9.90 Å². The van der Waals surface area contributed by atoms with E-state index < -0.39 is 5.97 Å². The first-order valence-corrected chi connectivity index (χ1v) is 7.28. The van der Waals surface area contributed by atoms with E-state index in [1.165, 1.54) is 32.1 Å². The molecule has 3 aliphatic rings. The summed E-state index contributed by atoms with van der Waals surface area (Å²) < 4.78 is 0. The van der Waals surface area contributed by atoms with E-state index in [1.54, 1.807) is 12.1 Å². The summed E-state index contributed by atoms with van der Waals surface area (Å²) in [5.41, 5.74) is 1.45. The molecule has 1 aromatic rings. The lowest BCUT2D eigenvalue weighted by Crippen LogP contribution is -2.44. The first kappa shape index (κ1) is 12.7. The van der Waals surface area contributed by atoms with Gasteiger partial charge in [0.05, 0.1) is 5.56 Å². The molecule has 0 spiro atoms. The van der Waals surface area contributed by atoms with Crippen molar-refractivity contribution in [1.82, 2.24) is 5.32 Å². The molecule has 2 N–H and O–H groups in total. The minimum absolute atomic E-state index is 0.379. The number of hydrogen-bond donors (Lipinski definition) is 2. The Morgan fingerprint density at radius 2 is 2.05 bits per heavy atom. The minimum atomic E-state index is -0.849. The molecule has 1 atom stereocenters. The number of carboxylic acid groups (broad SMARTS) is 1. The van der Waals surface area contributed by atoms with Crippen LogP contribution in [0.2, 0.25) is 0 Å². The summed E-state index contributed by atoms with van der Waals surface area (Å²) in [5.74, 6) is 0.916. The Hall–Kier alpha value is -1.35. The van der Waals surface area contributed by atoms with Crippen LogP contribution in [-0.2, 0) is 6.54 Å². The van der Waals surface area contributed by atoms with Gasteiger partial charge >= 0.3 is 5.97 Å². The molecule has 4 rings (SSSR count). The molecule has 2 bridgehead atoms. The number of carbonyl (C=O) groups is 1. The van der Waals surface area contributed by atoms with Crippen molar-refractivity contribution in [3.63, 3.8) is 0 Å². The van der Waals surface area contributed by atoms with Crippen LogP contribution in [0.15, 0.2) is 24.3 Å². The summed E-state index contributed by atoms with van der Waals surface area (Å²) in [7, 11) is 0. The van der Waals surface area contributed by atoms with E-state index in [1.807, 2.05) is 12.1 Å². The summed E-state index contributed by atoms with van der Waals surface area (Å²) in [6.07, 6.45) is 6.88. The van der Waals surface area contributed by atoms with Gasteiger partial charge in [0.15, 0.2) is 0 Å². The van der Waals surface area contributed by atoms with Crippen molar-refractivity contribution in [2.24, 2.45) is 11.8 Å². The van der Waals surface area contributed by atoms with Crippen LogP contribution >= 0.6 is 0 Å². The second kappa shape index (κ2) is 5.33. The van der Waals surface area contributed by atoms with E-state index in [4.69, 9.17) is 5.11 Å². The Bertz CT molecular complexity index is 464. The Kier molecular flexibility index (Phi) is 3.56. The largest absolute Gasteiger partial charge is 0.478 e. The predicted molar refractivity (Wildman–Crippen MR) is 74.1 cm³/mol. The van der Waals surface area contributed by atoms with E-state index in [0.717, 1.165) is 23.9 Å². The third-order valence-corrected chi connectivity index (χ3v) is 4.79. The summed E-state index contributed by atoms with van der Waals surface area (Å²) in [4.78, 5) is 10.9. The summed E-state index contributed by atoms with van der Waals surface area (Å²) in [5, 5.41) is 12.6. The van der Waals surface area contributed by atoms with Gasteiger partial charge < -0.3 is 10.4 Å². The zero-order valence-electron chi connectivity index (χ0n) is 11.1. The fraction of sp³-hybridized carbons (Fsp3) is 0.562. The van der Waals surface area contributed by atoms with Gasteiger partial charge in [0.2, 0.25) is 0 Å². The maximum Gasteiger partial charge on any atom is 0.335 e. The molecule has 0 aromatic heterocycles. The molecule has 0 saturated heterocycles. The highest BCUT2D eigenvalue weighted by molar-refractivity contribution is 5.87. The van der Waals surface area contributed by atoms with Crippen LogP contribution in [-0.4, -0.2) is 17.1 Å². The van der Waals surface area contributed by atoms with Gasteiger partial charge in [-0.2, -0.15) is 0 Å². The average molecular weight is 259 g/mol. The minimum Gasteiger partial charge on any atom is -0.478 e. The monoisotopic (exact) mass is 259 g/mol. The third-order valence-electron chi connectivity index (χ3n) is 4.79. The quantitative estimate of drug-likeness (QED) is 0.873. The maximum atomic E-state index is 10.9. The van der Waals surface area contributed by atoms with Gasteiger partial charge in [0.1, 0.15) is 0 Å². The number of hydrogen-bond acceptors (Lipinski definition) is 2. The lowest BCUT2D eigenvalue weighted by atomic mass is 9.68. The molecule has 0 amide bonds. The normalized spacial score (nSPS) is 29.4. The first-order valence-electron chi connectivity index (χ1n) is 7.28. The number of fused-ring (bicyclic) bond motifs is 3. The Labute approximate surface area is 114 Å². The molecule has 1 aromatic carbocycles. The van der Waals surface area contributed by atoms with Crippen molar-refractivity contribution in [3.8, 4) is 0 Å². The Balaban J connectivity index is 1.60. The molecule has 102 valence electrons. The molecular weight excluding hydrogens is 238 g/mol. The van der Waals surface area contributed by atoms with Crippen molar-refractivity contribution in [1.29, 1.82) is 0 Å². The fourth-order valence-corrected chi connectivity index (χ4v) is 3.69. The Morgan fingerprint density at radius 3 is 2.68 bits per heavy atom. The highest BCUT2D eigenvalue weighted by atomic mass is 16.4. The van der Waals surface area contributed by atoms with Crippen molar-refractivity contribution in [2.45, 2.75) is 44.7 Å². The molecule has 3 heteroatoms. The van der Waals surface area contributed by atoms with Gasteiger partial charge in [-0.25, -0.2) is 4.79 Å². The van der Waals surface area contributed by atoms with Crippen LogP contribution in [0.1, 0.15) is 48.0 Å². The van der Waals surface area contributed by atoms with Gasteiger partial charge in [0, 0.05) is 12.6 Å². The highest BCUT2D eigenvalue weighted by Gasteiger charge is 2.34.